The van der Waals surface area contributed by atoms with E-state index in [0.717, 1.165) is 12.1 Å². The molecule has 1 aromatic carbocycles. The van der Waals surface area contributed by atoms with E-state index in [2.05, 4.69) is 35.3 Å². The molecule has 1 aromatic rings. The molecule has 0 amide bonds. The second kappa shape index (κ2) is 4.60. The summed E-state index contributed by atoms with van der Waals surface area (Å²) in [5.41, 5.74) is 4.56. The molecular formula is C17H24N2. The van der Waals surface area contributed by atoms with Gasteiger partial charge in [-0.25, -0.2) is 0 Å². The van der Waals surface area contributed by atoms with Crippen LogP contribution in [0.15, 0.2) is 18.2 Å². The molecule has 0 bridgehead atoms. The van der Waals surface area contributed by atoms with Gasteiger partial charge in [0, 0.05) is 24.7 Å². The summed E-state index contributed by atoms with van der Waals surface area (Å²) in [6.45, 7) is 4.86. The Hall–Kier alpha value is -0.860. The SMILES string of the molecule is Cc1ccc2c(c1)C(NC1CCN3CCCC13)CC2. The van der Waals surface area contributed by atoms with E-state index in [0.29, 0.717) is 6.04 Å². The molecule has 3 atom stereocenters. The van der Waals surface area contributed by atoms with Crippen molar-refractivity contribution in [1.82, 2.24) is 10.2 Å². The van der Waals surface area contributed by atoms with Crippen molar-refractivity contribution in [3.8, 4) is 0 Å². The van der Waals surface area contributed by atoms with Crippen LogP contribution in [-0.4, -0.2) is 30.1 Å². The minimum Gasteiger partial charge on any atom is -0.306 e. The predicted octanol–water partition coefficient (Wildman–Crippen LogP) is 2.81. The Kier molecular flexibility index (Phi) is 2.89. The van der Waals surface area contributed by atoms with Crippen LogP contribution in [0.4, 0.5) is 0 Å². The largest absolute Gasteiger partial charge is 0.306 e. The molecule has 0 radical (unpaired) electrons. The molecule has 3 aliphatic rings. The first-order chi connectivity index (χ1) is 9.31. The summed E-state index contributed by atoms with van der Waals surface area (Å²) in [5.74, 6) is 0. The van der Waals surface area contributed by atoms with E-state index in [4.69, 9.17) is 0 Å². The fourth-order valence-electron chi connectivity index (χ4n) is 4.43. The first-order valence-electron chi connectivity index (χ1n) is 7.91. The highest BCUT2D eigenvalue weighted by Gasteiger charge is 2.38. The van der Waals surface area contributed by atoms with Crippen molar-refractivity contribution in [2.24, 2.45) is 0 Å². The van der Waals surface area contributed by atoms with E-state index >= 15 is 0 Å². The van der Waals surface area contributed by atoms with E-state index in [1.807, 2.05) is 0 Å². The van der Waals surface area contributed by atoms with Crippen LogP contribution in [0.5, 0.6) is 0 Å². The number of fused-ring (bicyclic) bond motifs is 2. The van der Waals surface area contributed by atoms with Crippen molar-refractivity contribution in [1.29, 1.82) is 0 Å². The van der Waals surface area contributed by atoms with Crippen LogP contribution in [0.3, 0.4) is 0 Å². The monoisotopic (exact) mass is 256 g/mol. The van der Waals surface area contributed by atoms with Crippen molar-refractivity contribution >= 4 is 0 Å². The molecule has 0 aromatic heterocycles. The number of hydrogen-bond acceptors (Lipinski definition) is 2. The highest BCUT2D eigenvalue weighted by molar-refractivity contribution is 5.37. The van der Waals surface area contributed by atoms with Gasteiger partial charge in [-0.15, -0.1) is 0 Å². The number of nitrogens with zero attached hydrogens (tertiary/aromatic N) is 1. The molecule has 2 heterocycles. The second-order valence-electron chi connectivity index (χ2n) is 6.60. The first kappa shape index (κ1) is 11.9. The Morgan fingerprint density at radius 3 is 3.05 bits per heavy atom. The third-order valence-electron chi connectivity index (χ3n) is 5.40. The minimum absolute atomic E-state index is 0.612. The minimum atomic E-state index is 0.612. The molecule has 102 valence electrons. The molecule has 1 N–H and O–H groups in total. The zero-order chi connectivity index (χ0) is 12.8. The van der Waals surface area contributed by atoms with Crippen molar-refractivity contribution < 1.29 is 0 Å². The van der Waals surface area contributed by atoms with Gasteiger partial charge in [0.15, 0.2) is 0 Å². The summed E-state index contributed by atoms with van der Waals surface area (Å²) in [6, 6.07) is 9.17. The van der Waals surface area contributed by atoms with Gasteiger partial charge >= 0.3 is 0 Å². The molecule has 0 spiro atoms. The average Bonchev–Trinajstić information content (AvgIpc) is 3.08. The molecule has 4 rings (SSSR count). The van der Waals surface area contributed by atoms with Gasteiger partial charge in [-0.3, -0.25) is 4.90 Å². The van der Waals surface area contributed by atoms with E-state index in [1.54, 1.807) is 11.1 Å². The smallest absolute Gasteiger partial charge is 0.0329 e. The number of rotatable bonds is 2. The Morgan fingerprint density at radius 1 is 1.16 bits per heavy atom. The number of nitrogens with one attached hydrogen (secondary N) is 1. The fraction of sp³-hybridized carbons (Fsp3) is 0.647. The highest BCUT2D eigenvalue weighted by Crippen LogP contribution is 2.35. The lowest BCUT2D eigenvalue weighted by Crippen LogP contribution is -2.40. The number of benzene rings is 1. The van der Waals surface area contributed by atoms with Gasteiger partial charge in [-0.1, -0.05) is 23.8 Å². The summed E-state index contributed by atoms with van der Waals surface area (Å²) < 4.78 is 0. The summed E-state index contributed by atoms with van der Waals surface area (Å²) in [6.07, 6.45) is 6.72. The highest BCUT2D eigenvalue weighted by atomic mass is 15.2. The number of hydrogen-bond donors (Lipinski definition) is 1. The van der Waals surface area contributed by atoms with E-state index < -0.39 is 0 Å². The molecule has 19 heavy (non-hydrogen) atoms. The maximum Gasteiger partial charge on any atom is 0.0329 e. The van der Waals surface area contributed by atoms with Crippen LogP contribution < -0.4 is 5.32 Å². The van der Waals surface area contributed by atoms with E-state index in [-0.39, 0.29) is 0 Å². The quantitative estimate of drug-likeness (QED) is 0.875. The molecule has 1 aliphatic carbocycles. The molecule has 2 nitrogen and oxygen atoms in total. The fourth-order valence-corrected chi connectivity index (χ4v) is 4.43. The van der Waals surface area contributed by atoms with Crippen molar-refractivity contribution in [2.75, 3.05) is 13.1 Å². The summed E-state index contributed by atoms with van der Waals surface area (Å²) in [5, 5.41) is 3.99. The summed E-state index contributed by atoms with van der Waals surface area (Å²) in [7, 11) is 0. The first-order valence-corrected chi connectivity index (χ1v) is 7.91. The Balaban J connectivity index is 1.52. The lowest BCUT2D eigenvalue weighted by molar-refractivity contribution is 0.288. The zero-order valence-corrected chi connectivity index (χ0v) is 11.9. The third-order valence-corrected chi connectivity index (χ3v) is 5.40. The maximum atomic E-state index is 3.99. The van der Waals surface area contributed by atoms with Gasteiger partial charge in [0.1, 0.15) is 0 Å². The standard InChI is InChI=1S/C17H24N2/c1-12-4-5-13-6-7-15(14(13)11-12)18-16-8-10-19-9-2-3-17(16)19/h4-5,11,15-18H,2-3,6-10H2,1H3. The van der Waals surface area contributed by atoms with E-state index in [1.165, 1.54) is 50.8 Å². The molecule has 3 unspecified atom stereocenters. The average molecular weight is 256 g/mol. The van der Waals surface area contributed by atoms with Crippen molar-refractivity contribution in [2.45, 2.75) is 57.2 Å². The number of aryl methyl sites for hydroxylation is 2. The van der Waals surface area contributed by atoms with Crippen LogP contribution in [-0.2, 0) is 6.42 Å². The zero-order valence-electron chi connectivity index (χ0n) is 11.9. The maximum absolute atomic E-state index is 3.99. The van der Waals surface area contributed by atoms with Gasteiger partial charge < -0.3 is 5.32 Å². The van der Waals surface area contributed by atoms with E-state index in [9.17, 15) is 0 Å². The van der Waals surface area contributed by atoms with Crippen LogP contribution in [0.25, 0.3) is 0 Å². The summed E-state index contributed by atoms with van der Waals surface area (Å²) >= 11 is 0. The lowest BCUT2D eigenvalue weighted by atomic mass is 10.0. The van der Waals surface area contributed by atoms with Crippen molar-refractivity contribution in [3.63, 3.8) is 0 Å². The Labute approximate surface area is 116 Å². The van der Waals surface area contributed by atoms with Gasteiger partial charge in [0.05, 0.1) is 0 Å². The van der Waals surface area contributed by atoms with Crippen molar-refractivity contribution in [3.05, 3.63) is 34.9 Å². The molecular weight excluding hydrogens is 232 g/mol. The molecule has 0 saturated carbocycles. The molecule has 2 heteroatoms. The normalized spacial score (nSPS) is 33.6. The van der Waals surface area contributed by atoms with Crippen LogP contribution in [0.2, 0.25) is 0 Å². The van der Waals surface area contributed by atoms with Gasteiger partial charge in [0.2, 0.25) is 0 Å². The molecule has 2 saturated heterocycles. The second-order valence-corrected chi connectivity index (χ2v) is 6.60. The summed E-state index contributed by atoms with van der Waals surface area (Å²) in [4.78, 5) is 2.70. The third kappa shape index (κ3) is 2.02. The molecule has 2 aliphatic heterocycles. The Morgan fingerprint density at radius 2 is 2.11 bits per heavy atom. The van der Waals surface area contributed by atoms with Gasteiger partial charge in [0.25, 0.3) is 0 Å². The Bertz CT molecular complexity index is 482. The predicted molar refractivity (Wildman–Crippen MR) is 78.4 cm³/mol. The van der Waals surface area contributed by atoms with Crippen LogP contribution >= 0.6 is 0 Å². The van der Waals surface area contributed by atoms with Gasteiger partial charge in [-0.2, -0.15) is 0 Å². The van der Waals surface area contributed by atoms with Crippen LogP contribution in [0, 0.1) is 6.92 Å². The lowest BCUT2D eigenvalue weighted by Gasteiger charge is -2.25. The van der Waals surface area contributed by atoms with Gasteiger partial charge in [-0.05, 0) is 56.7 Å². The topological polar surface area (TPSA) is 15.3 Å². The molecule has 2 fully saturated rings. The van der Waals surface area contributed by atoms with Crippen LogP contribution in [0.1, 0.15) is 48.4 Å².